The fraction of sp³-hybridized carbons (Fsp3) is 0.800. The van der Waals surface area contributed by atoms with Crippen molar-refractivity contribution in [3.8, 4) is 0 Å². The Balaban J connectivity index is 2.54. The molecule has 1 saturated heterocycles. The summed E-state index contributed by atoms with van der Waals surface area (Å²) in [6.07, 6.45) is 1.54. The molecule has 1 heterocycles. The number of amides is 2. The molecule has 0 aromatic heterocycles. The van der Waals surface area contributed by atoms with E-state index in [2.05, 4.69) is 0 Å². The normalized spacial score (nSPS) is 18.5. The molecule has 0 N–H and O–H groups in total. The van der Waals surface area contributed by atoms with Crippen molar-refractivity contribution in [2.75, 3.05) is 33.3 Å². The Morgan fingerprint density at radius 3 is 2.57 bits per heavy atom. The minimum absolute atomic E-state index is 0.0534. The Hall–Kier alpha value is -1.59. The van der Waals surface area contributed by atoms with Gasteiger partial charge in [-0.05, 0) is 19.8 Å². The molecule has 0 spiro atoms. The second-order valence-corrected chi connectivity index (χ2v) is 5.78. The molecule has 0 bridgehead atoms. The summed E-state index contributed by atoms with van der Waals surface area (Å²) in [6.45, 7) is 6.83. The molecule has 0 aromatic rings. The highest BCUT2D eigenvalue weighted by molar-refractivity contribution is 5.86. The molecule has 21 heavy (non-hydrogen) atoms. The molecule has 1 fully saturated rings. The molecule has 1 aliphatic rings. The third-order valence-corrected chi connectivity index (χ3v) is 3.64. The lowest BCUT2D eigenvalue weighted by molar-refractivity contribution is -0.152. The number of piperidine rings is 1. The summed E-state index contributed by atoms with van der Waals surface area (Å²) in [6, 6.07) is 0. The van der Waals surface area contributed by atoms with Crippen molar-refractivity contribution in [3.05, 3.63) is 0 Å². The predicted molar refractivity (Wildman–Crippen MR) is 78.4 cm³/mol. The Labute approximate surface area is 126 Å². The maximum absolute atomic E-state index is 12.2. The molecule has 2 amide bonds. The van der Waals surface area contributed by atoms with Crippen molar-refractivity contribution in [2.24, 2.45) is 11.8 Å². The van der Waals surface area contributed by atoms with E-state index < -0.39 is 0 Å². The first-order valence-electron chi connectivity index (χ1n) is 7.56. The van der Waals surface area contributed by atoms with E-state index in [1.807, 2.05) is 0 Å². The molecule has 0 saturated carbocycles. The lowest BCUT2D eigenvalue weighted by atomic mass is 9.98. The van der Waals surface area contributed by atoms with Crippen molar-refractivity contribution >= 4 is 17.8 Å². The number of carbonyl (C=O) groups excluding carboxylic acids is 3. The second-order valence-electron chi connectivity index (χ2n) is 5.78. The van der Waals surface area contributed by atoms with Gasteiger partial charge in [-0.3, -0.25) is 14.4 Å². The van der Waals surface area contributed by atoms with E-state index in [1.54, 1.807) is 32.7 Å². The van der Waals surface area contributed by atoms with Crippen LogP contribution < -0.4 is 0 Å². The van der Waals surface area contributed by atoms with Crippen LogP contribution in [0.4, 0.5) is 0 Å². The third-order valence-electron chi connectivity index (χ3n) is 3.64. The number of likely N-dealkylation sites (tertiary alicyclic amines) is 1. The van der Waals surface area contributed by atoms with Crippen LogP contribution in [0.3, 0.4) is 0 Å². The van der Waals surface area contributed by atoms with Gasteiger partial charge in [0, 0.05) is 26.1 Å². The topological polar surface area (TPSA) is 66.9 Å². The molecule has 0 radical (unpaired) electrons. The van der Waals surface area contributed by atoms with Gasteiger partial charge in [0.05, 0.1) is 19.1 Å². The van der Waals surface area contributed by atoms with E-state index >= 15 is 0 Å². The number of rotatable bonds is 5. The largest absolute Gasteiger partial charge is 0.466 e. The Bertz CT molecular complexity index is 395. The molecule has 0 aromatic carbocycles. The number of carbonyl (C=O) groups is 3. The Kier molecular flexibility index (Phi) is 6.65. The summed E-state index contributed by atoms with van der Waals surface area (Å²) >= 11 is 0. The van der Waals surface area contributed by atoms with Crippen molar-refractivity contribution in [2.45, 2.75) is 33.6 Å². The Morgan fingerprint density at radius 1 is 1.33 bits per heavy atom. The quantitative estimate of drug-likeness (QED) is 0.707. The highest BCUT2D eigenvalue weighted by Crippen LogP contribution is 2.18. The van der Waals surface area contributed by atoms with Crippen LogP contribution in [-0.4, -0.2) is 60.9 Å². The molecule has 1 atom stereocenters. The van der Waals surface area contributed by atoms with Crippen LogP contribution in [0.5, 0.6) is 0 Å². The monoisotopic (exact) mass is 298 g/mol. The van der Waals surface area contributed by atoms with Gasteiger partial charge in [0.2, 0.25) is 11.8 Å². The first-order valence-corrected chi connectivity index (χ1v) is 7.56. The minimum Gasteiger partial charge on any atom is -0.466 e. The van der Waals surface area contributed by atoms with E-state index in [0.29, 0.717) is 19.7 Å². The summed E-state index contributed by atoms with van der Waals surface area (Å²) in [4.78, 5) is 38.9. The zero-order chi connectivity index (χ0) is 16.0. The molecule has 1 unspecified atom stereocenters. The van der Waals surface area contributed by atoms with E-state index in [4.69, 9.17) is 4.74 Å². The Morgan fingerprint density at radius 2 is 2.00 bits per heavy atom. The molecular weight excluding hydrogens is 272 g/mol. The maximum atomic E-state index is 12.2. The molecule has 120 valence electrons. The predicted octanol–water partition coefficient (Wildman–Crippen LogP) is 0.902. The molecule has 1 rings (SSSR count). The van der Waals surface area contributed by atoms with Crippen LogP contribution in [-0.2, 0) is 19.1 Å². The van der Waals surface area contributed by atoms with E-state index in [9.17, 15) is 14.4 Å². The molecule has 6 nitrogen and oxygen atoms in total. The SMILES string of the molecule is CCOC(=O)C1CCCN(C(=O)CN(C)C(=O)C(C)C)C1. The van der Waals surface area contributed by atoms with Gasteiger partial charge in [-0.2, -0.15) is 0 Å². The van der Waals surface area contributed by atoms with Crippen LogP contribution in [0.25, 0.3) is 0 Å². The number of ether oxygens (including phenoxy) is 1. The van der Waals surface area contributed by atoms with Crippen LogP contribution in [0.1, 0.15) is 33.6 Å². The third kappa shape index (κ3) is 5.02. The number of hydrogen-bond acceptors (Lipinski definition) is 4. The van der Waals surface area contributed by atoms with Crippen LogP contribution in [0, 0.1) is 11.8 Å². The van der Waals surface area contributed by atoms with E-state index in [1.165, 1.54) is 4.90 Å². The highest BCUT2D eigenvalue weighted by Gasteiger charge is 2.30. The van der Waals surface area contributed by atoms with E-state index in [-0.39, 0.29) is 36.2 Å². The number of esters is 1. The lowest BCUT2D eigenvalue weighted by Gasteiger charge is -2.32. The zero-order valence-corrected chi connectivity index (χ0v) is 13.4. The van der Waals surface area contributed by atoms with Gasteiger partial charge in [0.15, 0.2) is 0 Å². The average Bonchev–Trinajstić information content (AvgIpc) is 2.46. The van der Waals surface area contributed by atoms with Gasteiger partial charge in [0.1, 0.15) is 0 Å². The van der Waals surface area contributed by atoms with Crippen molar-refractivity contribution in [1.82, 2.24) is 9.80 Å². The fourth-order valence-corrected chi connectivity index (χ4v) is 2.48. The van der Waals surface area contributed by atoms with Crippen molar-refractivity contribution < 1.29 is 19.1 Å². The first-order chi connectivity index (χ1) is 9.86. The summed E-state index contributed by atoms with van der Waals surface area (Å²) in [5, 5.41) is 0. The van der Waals surface area contributed by atoms with Gasteiger partial charge >= 0.3 is 5.97 Å². The second kappa shape index (κ2) is 8.00. The van der Waals surface area contributed by atoms with Crippen molar-refractivity contribution in [3.63, 3.8) is 0 Å². The van der Waals surface area contributed by atoms with Crippen molar-refractivity contribution in [1.29, 1.82) is 0 Å². The van der Waals surface area contributed by atoms with Crippen LogP contribution >= 0.6 is 0 Å². The summed E-state index contributed by atoms with van der Waals surface area (Å²) in [7, 11) is 1.63. The first kappa shape index (κ1) is 17.5. The fourth-order valence-electron chi connectivity index (χ4n) is 2.48. The lowest BCUT2D eigenvalue weighted by Crippen LogP contribution is -2.47. The smallest absolute Gasteiger partial charge is 0.310 e. The van der Waals surface area contributed by atoms with Gasteiger partial charge in [-0.15, -0.1) is 0 Å². The van der Waals surface area contributed by atoms with Crippen LogP contribution in [0.15, 0.2) is 0 Å². The van der Waals surface area contributed by atoms with E-state index in [0.717, 1.165) is 12.8 Å². The number of nitrogens with zero attached hydrogens (tertiary/aromatic N) is 2. The summed E-state index contributed by atoms with van der Waals surface area (Å²) < 4.78 is 5.02. The average molecular weight is 298 g/mol. The van der Waals surface area contributed by atoms with Gasteiger partial charge in [-0.25, -0.2) is 0 Å². The van der Waals surface area contributed by atoms with Gasteiger partial charge in [0.25, 0.3) is 0 Å². The number of hydrogen-bond donors (Lipinski definition) is 0. The zero-order valence-electron chi connectivity index (χ0n) is 13.4. The summed E-state index contributed by atoms with van der Waals surface area (Å²) in [5.41, 5.74) is 0. The summed E-state index contributed by atoms with van der Waals surface area (Å²) in [5.74, 6) is -0.769. The highest BCUT2D eigenvalue weighted by atomic mass is 16.5. The van der Waals surface area contributed by atoms with Gasteiger partial charge in [-0.1, -0.05) is 13.8 Å². The molecule has 6 heteroatoms. The maximum Gasteiger partial charge on any atom is 0.310 e. The molecular formula is C15H26N2O4. The number of likely N-dealkylation sites (N-methyl/N-ethyl adjacent to an activating group) is 1. The van der Waals surface area contributed by atoms with Crippen LogP contribution in [0.2, 0.25) is 0 Å². The minimum atomic E-state index is -0.242. The molecule has 0 aliphatic carbocycles. The standard InChI is InChI=1S/C15H26N2O4/c1-5-21-15(20)12-7-6-8-17(9-12)13(18)10-16(4)14(19)11(2)3/h11-12H,5-10H2,1-4H3. The van der Waals surface area contributed by atoms with Gasteiger partial charge < -0.3 is 14.5 Å². The molecule has 1 aliphatic heterocycles.